The van der Waals surface area contributed by atoms with Crippen molar-refractivity contribution in [3.05, 3.63) is 47.4 Å². The fraction of sp³-hybridized carbons (Fsp3) is 0.143. The topological polar surface area (TPSA) is 68.3 Å². The summed E-state index contributed by atoms with van der Waals surface area (Å²) in [6.45, 7) is 0.478. The first-order valence-corrected chi connectivity index (χ1v) is 7.53. The number of carbonyl (C=O) groups is 1. The van der Waals surface area contributed by atoms with Crippen LogP contribution in [0.15, 0.2) is 46.2 Å². The zero-order chi connectivity index (χ0) is 14.8. The van der Waals surface area contributed by atoms with E-state index in [1.807, 2.05) is 28.8 Å². The molecule has 0 saturated heterocycles. The number of hydrogen-bond donors (Lipinski definition) is 1. The summed E-state index contributed by atoms with van der Waals surface area (Å²) in [5, 5.41) is 10.0. The minimum atomic E-state index is -0.886. The quantitative estimate of drug-likeness (QED) is 0.728. The predicted molar refractivity (Wildman–Crippen MR) is 80.9 cm³/mol. The van der Waals surface area contributed by atoms with Crippen LogP contribution in [0.25, 0.3) is 11.0 Å². The van der Waals surface area contributed by atoms with Crippen LogP contribution in [0.3, 0.4) is 0 Å². The molecule has 1 aromatic carbocycles. The number of nitrogens with zero attached hydrogens (tertiary/aromatic N) is 2. The van der Waals surface area contributed by atoms with E-state index in [9.17, 15) is 4.79 Å². The number of carboxylic acid groups (broad SMARTS) is 1. The molecule has 0 spiro atoms. The Morgan fingerprint density at radius 3 is 2.95 bits per heavy atom. The van der Waals surface area contributed by atoms with Crippen molar-refractivity contribution in [2.75, 3.05) is 5.75 Å². The van der Waals surface area contributed by atoms with Crippen molar-refractivity contribution in [2.24, 2.45) is 0 Å². The van der Waals surface area contributed by atoms with E-state index in [-0.39, 0.29) is 5.75 Å². The third-order valence-corrected chi connectivity index (χ3v) is 4.18. The van der Waals surface area contributed by atoms with Crippen molar-refractivity contribution in [3.63, 3.8) is 0 Å². The van der Waals surface area contributed by atoms with Gasteiger partial charge in [0.05, 0.1) is 29.1 Å². The lowest BCUT2D eigenvalue weighted by Crippen LogP contribution is -2.04. The van der Waals surface area contributed by atoms with Gasteiger partial charge in [0.25, 0.3) is 0 Å². The van der Waals surface area contributed by atoms with Gasteiger partial charge in [0.15, 0.2) is 5.16 Å². The maximum Gasteiger partial charge on any atom is 0.313 e. The second-order valence-electron chi connectivity index (χ2n) is 4.35. The standard InChI is InChI=1S/C14H11ClN2O3S/c15-10-4-1-5-11-13(10)16-14(21-8-12(18)19)17(11)7-9-3-2-6-20-9/h1-6H,7-8H2,(H,18,19). The summed E-state index contributed by atoms with van der Waals surface area (Å²) in [6, 6.07) is 9.19. The van der Waals surface area contributed by atoms with Crippen LogP contribution in [0.5, 0.6) is 0 Å². The van der Waals surface area contributed by atoms with E-state index in [1.165, 1.54) is 0 Å². The van der Waals surface area contributed by atoms with Crippen molar-refractivity contribution in [3.8, 4) is 0 Å². The first kappa shape index (κ1) is 14.0. The first-order valence-electron chi connectivity index (χ1n) is 6.17. The molecule has 2 aromatic heterocycles. The highest BCUT2D eigenvalue weighted by Crippen LogP contribution is 2.29. The number of imidazole rings is 1. The number of furan rings is 1. The SMILES string of the molecule is O=C(O)CSc1nc2c(Cl)cccc2n1Cc1ccco1. The lowest BCUT2D eigenvalue weighted by atomic mass is 10.3. The Labute approximate surface area is 129 Å². The summed E-state index contributed by atoms with van der Waals surface area (Å²) < 4.78 is 7.27. The Morgan fingerprint density at radius 2 is 2.24 bits per heavy atom. The molecule has 21 heavy (non-hydrogen) atoms. The molecule has 0 unspecified atom stereocenters. The van der Waals surface area contributed by atoms with Crippen molar-refractivity contribution in [1.82, 2.24) is 9.55 Å². The molecule has 0 radical (unpaired) electrons. The average molecular weight is 323 g/mol. The van der Waals surface area contributed by atoms with Crippen molar-refractivity contribution < 1.29 is 14.3 Å². The number of hydrogen-bond acceptors (Lipinski definition) is 4. The number of para-hydroxylation sites is 1. The Morgan fingerprint density at radius 1 is 1.38 bits per heavy atom. The molecule has 3 rings (SSSR count). The van der Waals surface area contributed by atoms with Gasteiger partial charge in [-0.3, -0.25) is 4.79 Å². The summed E-state index contributed by atoms with van der Waals surface area (Å²) in [5.74, 6) is -0.173. The van der Waals surface area contributed by atoms with E-state index in [4.69, 9.17) is 21.1 Å². The molecule has 7 heteroatoms. The van der Waals surface area contributed by atoms with Crippen LogP contribution in [0.4, 0.5) is 0 Å². The summed E-state index contributed by atoms with van der Waals surface area (Å²) >= 11 is 7.33. The maximum atomic E-state index is 10.8. The van der Waals surface area contributed by atoms with Crippen LogP contribution in [0, 0.1) is 0 Å². The molecule has 1 N–H and O–H groups in total. The fourth-order valence-corrected chi connectivity index (χ4v) is 2.98. The predicted octanol–water partition coefficient (Wildman–Crippen LogP) is 3.51. The molecule has 0 aliphatic carbocycles. The molecule has 3 aromatic rings. The molecule has 0 amide bonds. The Kier molecular flexibility index (Phi) is 3.90. The van der Waals surface area contributed by atoms with E-state index in [1.54, 1.807) is 12.3 Å². The van der Waals surface area contributed by atoms with Gasteiger partial charge >= 0.3 is 5.97 Å². The highest BCUT2D eigenvalue weighted by atomic mass is 35.5. The average Bonchev–Trinajstić information content (AvgIpc) is 3.07. The van der Waals surface area contributed by atoms with E-state index >= 15 is 0 Å². The molecular weight excluding hydrogens is 312 g/mol. The highest BCUT2D eigenvalue weighted by Gasteiger charge is 2.15. The molecular formula is C14H11ClN2O3S. The van der Waals surface area contributed by atoms with E-state index in [2.05, 4.69) is 4.98 Å². The van der Waals surface area contributed by atoms with E-state index in [0.29, 0.717) is 22.2 Å². The lowest BCUT2D eigenvalue weighted by molar-refractivity contribution is -0.133. The molecule has 0 atom stereocenters. The summed E-state index contributed by atoms with van der Waals surface area (Å²) in [7, 11) is 0. The zero-order valence-corrected chi connectivity index (χ0v) is 12.4. The van der Waals surface area contributed by atoms with Gasteiger partial charge in [0.1, 0.15) is 11.3 Å². The molecule has 0 bridgehead atoms. The smallest absolute Gasteiger partial charge is 0.313 e. The van der Waals surface area contributed by atoms with Gasteiger partial charge in [-0.05, 0) is 24.3 Å². The van der Waals surface area contributed by atoms with Crippen molar-refractivity contribution >= 4 is 40.4 Å². The number of aliphatic carboxylic acids is 1. The number of carboxylic acids is 1. The summed E-state index contributed by atoms with van der Waals surface area (Å²) in [5.41, 5.74) is 1.52. The second kappa shape index (κ2) is 5.83. The number of thioether (sulfide) groups is 1. The third-order valence-electron chi connectivity index (χ3n) is 2.91. The van der Waals surface area contributed by atoms with E-state index in [0.717, 1.165) is 23.0 Å². The Bertz CT molecular complexity index is 783. The van der Waals surface area contributed by atoms with Crippen LogP contribution in [-0.2, 0) is 11.3 Å². The van der Waals surface area contributed by atoms with Crippen LogP contribution < -0.4 is 0 Å². The number of rotatable bonds is 5. The molecule has 0 fully saturated rings. The molecule has 108 valence electrons. The first-order chi connectivity index (χ1) is 10.1. The molecule has 0 aliphatic rings. The van der Waals surface area contributed by atoms with Gasteiger partial charge in [-0.15, -0.1) is 0 Å². The monoisotopic (exact) mass is 322 g/mol. The van der Waals surface area contributed by atoms with Crippen LogP contribution in [0.2, 0.25) is 5.02 Å². The van der Waals surface area contributed by atoms with E-state index < -0.39 is 5.97 Å². The molecule has 0 saturated carbocycles. The van der Waals surface area contributed by atoms with Crippen LogP contribution >= 0.6 is 23.4 Å². The number of benzene rings is 1. The summed E-state index contributed by atoms with van der Waals surface area (Å²) in [4.78, 5) is 15.2. The van der Waals surface area contributed by atoms with Crippen molar-refractivity contribution in [2.45, 2.75) is 11.7 Å². The van der Waals surface area contributed by atoms with Gasteiger partial charge in [0.2, 0.25) is 0 Å². The zero-order valence-electron chi connectivity index (χ0n) is 10.8. The largest absolute Gasteiger partial charge is 0.481 e. The van der Waals surface area contributed by atoms with Gasteiger partial charge in [-0.1, -0.05) is 29.4 Å². The van der Waals surface area contributed by atoms with Crippen LogP contribution in [0.1, 0.15) is 5.76 Å². The molecule has 5 nitrogen and oxygen atoms in total. The van der Waals surface area contributed by atoms with Gasteiger partial charge in [0, 0.05) is 0 Å². The lowest BCUT2D eigenvalue weighted by Gasteiger charge is -2.06. The molecule has 0 aliphatic heterocycles. The van der Waals surface area contributed by atoms with Gasteiger partial charge in [-0.2, -0.15) is 0 Å². The second-order valence-corrected chi connectivity index (χ2v) is 5.70. The van der Waals surface area contributed by atoms with Crippen molar-refractivity contribution in [1.29, 1.82) is 0 Å². The van der Waals surface area contributed by atoms with Gasteiger partial charge < -0.3 is 14.1 Å². The third kappa shape index (κ3) is 2.91. The minimum absolute atomic E-state index is 0.0565. The Balaban J connectivity index is 2.06. The Hall–Kier alpha value is -1.92. The highest BCUT2D eigenvalue weighted by molar-refractivity contribution is 7.99. The molecule has 2 heterocycles. The normalized spacial score (nSPS) is 11.1. The summed E-state index contributed by atoms with van der Waals surface area (Å²) in [6.07, 6.45) is 1.60. The van der Waals surface area contributed by atoms with Gasteiger partial charge in [-0.25, -0.2) is 4.98 Å². The minimum Gasteiger partial charge on any atom is -0.481 e. The van der Waals surface area contributed by atoms with Crippen LogP contribution in [-0.4, -0.2) is 26.4 Å². The maximum absolute atomic E-state index is 10.8. The number of fused-ring (bicyclic) bond motifs is 1. The number of halogens is 1. The fourth-order valence-electron chi connectivity index (χ4n) is 2.04. The number of aromatic nitrogens is 2.